The van der Waals surface area contributed by atoms with Gasteiger partial charge >= 0.3 is 6.09 Å². The zero-order chi connectivity index (χ0) is 39.9. The maximum atomic E-state index is 13.1. The van der Waals surface area contributed by atoms with Gasteiger partial charge in [-0.1, -0.05) is 0 Å². The van der Waals surface area contributed by atoms with Gasteiger partial charge in [-0.3, -0.25) is 19.2 Å². The van der Waals surface area contributed by atoms with Gasteiger partial charge in [-0.25, -0.2) is 9.79 Å². The minimum absolute atomic E-state index is 0.0363. The number of ether oxygens (including phenoxy) is 2. The van der Waals surface area contributed by atoms with E-state index in [1.807, 2.05) is 0 Å². The molecule has 5 amide bonds. The van der Waals surface area contributed by atoms with E-state index in [1.54, 1.807) is 0 Å². The maximum Gasteiger partial charge on any atom is 0.404 e. The van der Waals surface area contributed by atoms with Gasteiger partial charge in [-0.15, -0.1) is 0 Å². The van der Waals surface area contributed by atoms with Crippen molar-refractivity contribution in [2.45, 2.75) is 125 Å². The number of primary amides is 1. The molecule has 8 unspecified atom stereocenters. The molecule has 18 N–H and O–H groups in total. The zero-order valence-corrected chi connectivity index (χ0v) is 30.7. The standard InChI is InChI=1S/C32H60N12O10/c1-44-14-19(46)24-25(30(44)51)42-32(41-24)43-29-26(27(50)28(54-31(37)52)20(15-45)53-29)40-23(49)13-18(36)7-4-10-39-22(48)12-17(35)6-3-9-38-21(47)11-16(34)5-2-8-33/h16-20,24-29,45-46,50H,2-15,33-36H2,1H3,(H2,37,52)(H,38,47)(H,39,48)(H,40,49)(H2,41,42,43)/t16?,17?,18?,19-,20?,24-,25+,26?,27?,28?,29?/m1/s1. The lowest BCUT2D eigenvalue weighted by atomic mass is 9.95. The fraction of sp³-hybridized carbons (Fsp3) is 0.812. The minimum Gasteiger partial charge on any atom is -0.441 e. The SMILES string of the molecule is CN1C[C@@H](O)[C@H]2NC(NC3OC(CO)C(OC(N)=O)C(O)C3NC(=O)CC(N)CCCNC(=O)CC(N)CCCNC(=O)CC(N)CCCN)=N[C@@H]2C1=O. The minimum atomic E-state index is -1.63. The molecule has 0 aromatic rings. The topological polar surface area (TPSA) is 370 Å². The normalized spacial score (nSPS) is 28.1. The number of nitrogens with zero attached hydrogens (tertiary/aromatic N) is 2. The van der Waals surface area contributed by atoms with Crippen LogP contribution in [0.1, 0.15) is 57.8 Å². The Morgan fingerprint density at radius 3 is 2.06 bits per heavy atom. The molecule has 0 spiro atoms. The Balaban J connectivity index is 1.43. The smallest absolute Gasteiger partial charge is 0.404 e. The predicted molar refractivity (Wildman–Crippen MR) is 194 cm³/mol. The van der Waals surface area contributed by atoms with Gasteiger partial charge in [0, 0.05) is 64.1 Å². The van der Waals surface area contributed by atoms with E-state index in [2.05, 4.69) is 31.6 Å². The summed E-state index contributed by atoms with van der Waals surface area (Å²) in [6.07, 6.45) is -4.25. The number of hydrogen-bond acceptors (Lipinski definition) is 17. The number of nitrogens with one attached hydrogen (secondary N) is 5. The van der Waals surface area contributed by atoms with Crippen LogP contribution in [0.2, 0.25) is 0 Å². The van der Waals surface area contributed by atoms with Crippen LogP contribution in [0.25, 0.3) is 0 Å². The van der Waals surface area contributed by atoms with E-state index in [0.29, 0.717) is 51.7 Å². The molecule has 0 aromatic heterocycles. The number of β-amino-alcohol motifs (C(OH)–C–C–N with tert-alkyl or cyclic N) is 1. The van der Waals surface area contributed by atoms with E-state index in [0.717, 1.165) is 6.42 Å². The lowest BCUT2D eigenvalue weighted by Gasteiger charge is -2.44. The van der Waals surface area contributed by atoms with Gasteiger partial charge in [0.1, 0.15) is 18.2 Å². The maximum absolute atomic E-state index is 13.1. The van der Waals surface area contributed by atoms with Crippen molar-refractivity contribution >= 4 is 35.7 Å². The molecular weight excluding hydrogens is 712 g/mol. The van der Waals surface area contributed by atoms with Crippen LogP contribution in [-0.2, 0) is 28.7 Å². The summed E-state index contributed by atoms with van der Waals surface area (Å²) >= 11 is 0. The third-order valence-electron chi connectivity index (χ3n) is 9.44. The summed E-state index contributed by atoms with van der Waals surface area (Å²) in [6, 6.07) is -4.23. The summed E-state index contributed by atoms with van der Waals surface area (Å²) in [4.78, 5) is 67.4. The van der Waals surface area contributed by atoms with Crippen molar-refractivity contribution in [1.82, 2.24) is 31.5 Å². The Kier molecular flexibility index (Phi) is 18.0. The van der Waals surface area contributed by atoms with Gasteiger partial charge in [-0.05, 0) is 45.1 Å². The number of aliphatic hydroxyl groups is 3. The van der Waals surface area contributed by atoms with Crippen LogP contribution in [0, 0.1) is 0 Å². The number of aliphatic hydroxyl groups excluding tert-OH is 3. The van der Waals surface area contributed by atoms with Crippen LogP contribution in [0.15, 0.2) is 4.99 Å². The van der Waals surface area contributed by atoms with Gasteiger partial charge in [0.25, 0.3) is 0 Å². The number of fused-ring (bicyclic) bond motifs is 1. The molecule has 2 saturated heterocycles. The number of guanidine groups is 1. The second-order valence-electron chi connectivity index (χ2n) is 14.1. The monoisotopic (exact) mass is 772 g/mol. The molecule has 0 bridgehead atoms. The Morgan fingerprint density at radius 2 is 1.52 bits per heavy atom. The Labute approximate surface area is 314 Å². The van der Waals surface area contributed by atoms with Crippen molar-refractivity contribution in [3.8, 4) is 0 Å². The van der Waals surface area contributed by atoms with Gasteiger partial charge in [-0.2, -0.15) is 0 Å². The molecule has 11 atom stereocenters. The Morgan fingerprint density at radius 1 is 0.963 bits per heavy atom. The van der Waals surface area contributed by atoms with Crippen LogP contribution >= 0.6 is 0 Å². The molecule has 3 aliphatic rings. The number of hydrogen-bond donors (Lipinski definition) is 13. The molecule has 3 aliphatic heterocycles. The molecule has 308 valence electrons. The number of likely N-dealkylation sites (tertiary alicyclic amines) is 1. The van der Waals surface area contributed by atoms with E-state index in [1.165, 1.54) is 11.9 Å². The summed E-state index contributed by atoms with van der Waals surface area (Å²) in [5.74, 6) is -1.26. The van der Waals surface area contributed by atoms with Crippen LogP contribution < -0.4 is 55.3 Å². The second-order valence-corrected chi connectivity index (χ2v) is 14.1. The highest BCUT2D eigenvalue weighted by molar-refractivity contribution is 5.92. The average Bonchev–Trinajstić information content (AvgIpc) is 3.53. The highest BCUT2D eigenvalue weighted by Gasteiger charge is 2.50. The first-order chi connectivity index (χ1) is 25.6. The van der Waals surface area contributed by atoms with Crippen molar-refractivity contribution in [2.75, 3.05) is 39.8 Å². The number of likely N-dealkylation sites (N-methyl/N-ethyl adjacent to an activating group) is 1. The largest absolute Gasteiger partial charge is 0.441 e. The van der Waals surface area contributed by atoms with Crippen LogP contribution in [-0.4, -0.2) is 163 Å². The van der Waals surface area contributed by atoms with Gasteiger partial charge in [0.15, 0.2) is 24.3 Å². The zero-order valence-electron chi connectivity index (χ0n) is 30.7. The fourth-order valence-corrected chi connectivity index (χ4v) is 6.57. The Bertz CT molecular complexity index is 1300. The van der Waals surface area contributed by atoms with Crippen LogP contribution in [0.5, 0.6) is 0 Å². The molecule has 3 rings (SSSR count). The van der Waals surface area contributed by atoms with Gasteiger partial charge in [0.05, 0.1) is 18.8 Å². The number of rotatable bonds is 21. The van der Waals surface area contributed by atoms with Crippen LogP contribution in [0.3, 0.4) is 0 Å². The molecule has 0 aliphatic carbocycles. The summed E-state index contributed by atoms with van der Waals surface area (Å²) in [6.45, 7) is 0.641. The molecular formula is C32H60N12O10. The fourth-order valence-electron chi connectivity index (χ4n) is 6.57. The molecule has 3 heterocycles. The van der Waals surface area contributed by atoms with Gasteiger partial charge < -0.3 is 84.9 Å². The molecule has 0 saturated carbocycles. The lowest BCUT2D eigenvalue weighted by Crippen LogP contribution is -2.70. The van der Waals surface area contributed by atoms with Crippen molar-refractivity contribution in [2.24, 2.45) is 33.7 Å². The first-order valence-electron chi connectivity index (χ1n) is 18.4. The third kappa shape index (κ3) is 13.7. The van der Waals surface area contributed by atoms with Crippen molar-refractivity contribution in [1.29, 1.82) is 0 Å². The number of carbonyl (C=O) groups excluding carboxylic acids is 5. The number of aliphatic imine (C=N–C) groups is 1. The average molecular weight is 773 g/mol. The highest BCUT2D eigenvalue weighted by Crippen LogP contribution is 2.25. The number of nitrogens with two attached hydrogens (primary N) is 5. The molecule has 22 nitrogen and oxygen atoms in total. The first-order valence-corrected chi connectivity index (χ1v) is 18.4. The molecule has 0 radical (unpaired) electrons. The Hall–Kier alpha value is -3.90. The van der Waals surface area contributed by atoms with Crippen LogP contribution in [0.4, 0.5) is 4.79 Å². The number of carbonyl (C=O) groups is 5. The highest BCUT2D eigenvalue weighted by atomic mass is 16.6. The molecule has 22 heteroatoms. The number of piperidine rings is 1. The quantitative estimate of drug-likeness (QED) is 0.0483. The molecule has 54 heavy (non-hydrogen) atoms. The van der Waals surface area contributed by atoms with E-state index < -0.39 is 79.5 Å². The first kappa shape index (κ1) is 44.5. The van der Waals surface area contributed by atoms with E-state index in [9.17, 15) is 39.3 Å². The summed E-state index contributed by atoms with van der Waals surface area (Å²) in [5, 5.41) is 45.6. The summed E-state index contributed by atoms with van der Waals surface area (Å²) in [5.41, 5.74) is 28.8. The molecule has 0 aromatic carbocycles. The number of amides is 5. The second kappa shape index (κ2) is 21.9. The van der Waals surface area contributed by atoms with Gasteiger partial charge in [0.2, 0.25) is 23.6 Å². The third-order valence-corrected chi connectivity index (χ3v) is 9.44. The summed E-state index contributed by atoms with van der Waals surface area (Å²) in [7, 11) is 1.54. The van der Waals surface area contributed by atoms with E-state index in [-0.39, 0.29) is 55.5 Å². The van der Waals surface area contributed by atoms with Crippen molar-refractivity contribution < 1.29 is 48.8 Å². The van der Waals surface area contributed by atoms with E-state index >= 15 is 0 Å². The predicted octanol–water partition coefficient (Wildman–Crippen LogP) is -6.18. The molecule has 2 fully saturated rings. The van der Waals surface area contributed by atoms with E-state index in [4.69, 9.17) is 38.1 Å². The van der Waals surface area contributed by atoms with Crippen molar-refractivity contribution in [3.63, 3.8) is 0 Å². The summed E-state index contributed by atoms with van der Waals surface area (Å²) < 4.78 is 10.9. The lowest BCUT2D eigenvalue weighted by molar-refractivity contribution is -0.198. The van der Waals surface area contributed by atoms with Crippen molar-refractivity contribution in [3.05, 3.63) is 0 Å².